The number of benzene rings is 1. The van der Waals surface area contributed by atoms with Crippen LogP contribution in [0.1, 0.15) is 12.0 Å². The SMILES string of the molecule is O=C(O)CCN1CCN(Cc2ccc(Cl)cc2)C(=O)C1=O. The zero-order valence-corrected chi connectivity index (χ0v) is 12.0. The maximum Gasteiger partial charge on any atom is 0.312 e. The number of amides is 2. The minimum absolute atomic E-state index is 0.0642. The largest absolute Gasteiger partial charge is 0.481 e. The summed E-state index contributed by atoms with van der Waals surface area (Å²) in [6.45, 7) is 1.15. The predicted octanol–water partition coefficient (Wildman–Crippen LogP) is 0.985. The smallest absolute Gasteiger partial charge is 0.312 e. The second kappa shape index (κ2) is 6.58. The molecule has 21 heavy (non-hydrogen) atoms. The van der Waals surface area contributed by atoms with Gasteiger partial charge >= 0.3 is 17.8 Å². The van der Waals surface area contributed by atoms with Crippen LogP contribution in [-0.4, -0.2) is 52.3 Å². The van der Waals surface area contributed by atoms with Crippen LogP contribution in [0.3, 0.4) is 0 Å². The van der Waals surface area contributed by atoms with E-state index in [-0.39, 0.29) is 13.0 Å². The third-order valence-electron chi connectivity index (χ3n) is 3.28. The van der Waals surface area contributed by atoms with Crippen molar-refractivity contribution in [1.82, 2.24) is 9.80 Å². The number of carboxylic acids is 1. The number of carboxylic acid groups (broad SMARTS) is 1. The van der Waals surface area contributed by atoms with Crippen molar-refractivity contribution in [2.45, 2.75) is 13.0 Å². The molecule has 1 aliphatic rings. The average Bonchev–Trinajstić information content (AvgIpc) is 2.45. The summed E-state index contributed by atoms with van der Waals surface area (Å²) in [6, 6.07) is 7.06. The van der Waals surface area contributed by atoms with Gasteiger partial charge in [0.15, 0.2) is 0 Å². The van der Waals surface area contributed by atoms with Gasteiger partial charge in [0.2, 0.25) is 0 Å². The fraction of sp³-hybridized carbons (Fsp3) is 0.357. The normalized spacial score (nSPS) is 15.5. The number of carbonyl (C=O) groups is 3. The number of rotatable bonds is 5. The third kappa shape index (κ3) is 3.95. The third-order valence-corrected chi connectivity index (χ3v) is 3.53. The monoisotopic (exact) mass is 310 g/mol. The van der Waals surface area contributed by atoms with E-state index < -0.39 is 17.8 Å². The molecule has 2 rings (SSSR count). The molecular formula is C14H15ClN2O4. The molecule has 0 saturated carbocycles. The van der Waals surface area contributed by atoms with Crippen LogP contribution in [0.15, 0.2) is 24.3 Å². The van der Waals surface area contributed by atoms with Crippen molar-refractivity contribution in [2.75, 3.05) is 19.6 Å². The van der Waals surface area contributed by atoms with Crippen molar-refractivity contribution in [3.05, 3.63) is 34.9 Å². The lowest BCUT2D eigenvalue weighted by molar-refractivity contribution is -0.157. The standard InChI is InChI=1S/C14H15ClN2O4/c15-11-3-1-10(2-4-11)9-17-8-7-16(6-5-12(18)19)13(20)14(17)21/h1-4H,5-9H2,(H,18,19). The fourth-order valence-corrected chi connectivity index (χ4v) is 2.25. The van der Waals surface area contributed by atoms with Gasteiger partial charge in [-0.05, 0) is 17.7 Å². The highest BCUT2D eigenvalue weighted by atomic mass is 35.5. The molecule has 1 aliphatic heterocycles. The molecule has 0 bridgehead atoms. The van der Waals surface area contributed by atoms with Crippen LogP contribution in [0.4, 0.5) is 0 Å². The Balaban J connectivity index is 1.96. The molecule has 7 heteroatoms. The van der Waals surface area contributed by atoms with E-state index in [0.29, 0.717) is 24.7 Å². The van der Waals surface area contributed by atoms with Crippen molar-refractivity contribution in [3.63, 3.8) is 0 Å². The average molecular weight is 311 g/mol. The molecule has 0 aliphatic carbocycles. The molecule has 1 aromatic rings. The minimum Gasteiger partial charge on any atom is -0.481 e. The number of hydrogen-bond acceptors (Lipinski definition) is 3. The quantitative estimate of drug-likeness (QED) is 0.823. The molecule has 2 amide bonds. The van der Waals surface area contributed by atoms with Crippen LogP contribution in [0.5, 0.6) is 0 Å². The first-order chi connectivity index (χ1) is 9.97. The molecule has 112 valence electrons. The fourth-order valence-electron chi connectivity index (χ4n) is 2.12. The number of piperazine rings is 1. The summed E-state index contributed by atoms with van der Waals surface area (Å²) in [5, 5.41) is 9.23. The molecule has 1 heterocycles. The summed E-state index contributed by atoms with van der Waals surface area (Å²) in [5.41, 5.74) is 0.888. The van der Waals surface area contributed by atoms with Crippen molar-refractivity contribution in [3.8, 4) is 0 Å². The second-order valence-corrected chi connectivity index (χ2v) is 5.23. The highest BCUT2D eigenvalue weighted by Gasteiger charge is 2.32. The van der Waals surface area contributed by atoms with E-state index in [4.69, 9.17) is 16.7 Å². The van der Waals surface area contributed by atoms with Crippen LogP contribution in [0.25, 0.3) is 0 Å². The molecule has 0 unspecified atom stereocenters. The van der Waals surface area contributed by atoms with Gasteiger partial charge in [-0.1, -0.05) is 23.7 Å². The van der Waals surface area contributed by atoms with Crippen molar-refractivity contribution < 1.29 is 19.5 Å². The lowest BCUT2D eigenvalue weighted by atomic mass is 10.2. The summed E-state index contributed by atoms with van der Waals surface area (Å²) in [7, 11) is 0. The van der Waals surface area contributed by atoms with E-state index in [1.54, 1.807) is 24.3 Å². The summed E-state index contributed by atoms with van der Waals surface area (Å²) >= 11 is 5.80. The number of halogens is 1. The first-order valence-corrected chi connectivity index (χ1v) is 6.89. The van der Waals surface area contributed by atoms with Crippen LogP contribution in [0.2, 0.25) is 5.02 Å². The van der Waals surface area contributed by atoms with E-state index in [2.05, 4.69) is 0 Å². The van der Waals surface area contributed by atoms with Crippen LogP contribution >= 0.6 is 11.6 Å². The number of hydrogen-bond donors (Lipinski definition) is 1. The summed E-state index contributed by atoms with van der Waals surface area (Å²) in [5.74, 6) is -2.23. The van der Waals surface area contributed by atoms with Gasteiger partial charge in [0.25, 0.3) is 0 Å². The second-order valence-electron chi connectivity index (χ2n) is 4.79. The van der Waals surface area contributed by atoms with Crippen LogP contribution in [0, 0.1) is 0 Å². The van der Waals surface area contributed by atoms with Gasteiger partial charge in [0.05, 0.1) is 6.42 Å². The highest BCUT2D eigenvalue weighted by Crippen LogP contribution is 2.14. The number of carbonyl (C=O) groups excluding carboxylic acids is 2. The summed E-state index contributed by atoms with van der Waals surface area (Å²) in [4.78, 5) is 37.2. The molecular weight excluding hydrogens is 296 g/mol. The Kier molecular flexibility index (Phi) is 4.80. The van der Waals surface area contributed by atoms with Crippen molar-refractivity contribution in [1.29, 1.82) is 0 Å². The Morgan fingerprint density at radius 3 is 2.29 bits per heavy atom. The summed E-state index contributed by atoms with van der Waals surface area (Å²) in [6.07, 6.45) is -0.157. The maximum absolute atomic E-state index is 12.0. The molecule has 1 aromatic carbocycles. The first-order valence-electron chi connectivity index (χ1n) is 6.52. The van der Waals surface area contributed by atoms with Gasteiger partial charge in [-0.25, -0.2) is 0 Å². The first kappa shape index (κ1) is 15.3. The number of aliphatic carboxylic acids is 1. The molecule has 0 aromatic heterocycles. The maximum atomic E-state index is 12.0. The Hall–Kier alpha value is -2.08. The molecule has 1 saturated heterocycles. The van der Waals surface area contributed by atoms with Crippen molar-refractivity contribution >= 4 is 29.4 Å². The predicted molar refractivity (Wildman–Crippen MR) is 75.7 cm³/mol. The lowest BCUT2D eigenvalue weighted by Gasteiger charge is -2.33. The van der Waals surface area contributed by atoms with E-state index in [0.717, 1.165) is 5.56 Å². The topological polar surface area (TPSA) is 77.9 Å². The van der Waals surface area contributed by atoms with E-state index in [1.165, 1.54) is 9.80 Å². The zero-order valence-electron chi connectivity index (χ0n) is 11.3. The van der Waals surface area contributed by atoms with E-state index in [1.807, 2.05) is 0 Å². The minimum atomic E-state index is -0.987. The molecule has 0 spiro atoms. The van der Waals surface area contributed by atoms with Gasteiger partial charge in [-0.3, -0.25) is 14.4 Å². The number of nitrogens with zero attached hydrogens (tertiary/aromatic N) is 2. The molecule has 6 nitrogen and oxygen atoms in total. The van der Waals surface area contributed by atoms with Crippen LogP contribution in [-0.2, 0) is 20.9 Å². The molecule has 0 radical (unpaired) electrons. The molecule has 1 N–H and O–H groups in total. The lowest BCUT2D eigenvalue weighted by Crippen LogP contribution is -2.54. The Morgan fingerprint density at radius 2 is 1.67 bits per heavy atom. The Morgan fingerprint density at radius 1 is 1.10 bits per heavy atom. The molecule has 0 atom stereocenters. The Labute approximate surface area is 126 Å². The molecule has 1 fully saturated rings. The van der Waals surface area contributed by atoms with Gasteiger partial charge in [0, 0.05) is 31.2 Å². The van der Waals surface area contributed by atoms with Crippen molar-refractivity contribution in [2.24, 2.45) is 0 Å². The van der Waals surface area contributed by atoms with E-state index >= 15 is 0 Å². The van der Waals surface area contributed by atoms with Gasteiger partial charge in [-0.2, -0.15) is 0 Å². The van der Waals surface area contributed by atoms with Gasteiger partial charge in [0.1, 0.15) is 0 Å². The highest BCUT2D eigenvalue weighted by molar-refractivity contribution is 6.35. The summed E-state index contributed by atoms with van der Waals surface area (Å²) < 4.78 is 0. The van der Waals surface area contributed by atoms with Gasteiger partial charge in [-0.15, -0.1) is 0 Å². The van der Waals surface area contributed by atoms with Crippen LogP contribution < -0.4 is 0 Å². The Bertz CT molecular complexity index is 559. The van der Waals surface area contributed by atoms with Gasteiger partial charge < -0.3 is 14.9 Å². The zero-order chi connectivity index (χ0) is 15.4. The van der Waals surface area contributed by atoms with E-state index in [9.17, 15) is 14.4 Å².